The molecule has 0 saturated heterocycles. The fraction of sp³-hybridized carbons (Fsp3) is 0.500. The molecule has 0 spiro atoms. The third-order valence-corrected chi connectivity index (χ3v) is 5.44. The molecule has 0 fully saturated rings. The van der Waals surface area contributed by atoms with Crippen molar-refractivity contribution < 1.29 is 18.1 Å². The first-order valence-corrected chi connectivity index (χ1v) is 9.42. The number of nitrogens with one attached hydrogen (secondary N) is 2. The van der Waals surface area contributed by atoms with Crippen LogP contribution in [-0.4, -0.2) is 46.3 Å². The average Bonchev–Trinajstić information content (AvgIpc) is 2.44. The van der Waals surface area contributed by atoms with E-state index in [1.54, 1.807) is 24.3 Å². The number of sulfone groups is 1. The molecule has 0 aromatic heterocycles. The molecule has 0 aliphatic carbocycles. The molecule has 1 unspecified atom stereocenters. The Morgan fingerprint density at radius 3 is 2.38 bits per heavy atom. The minimum Gasteiger partial charge on any atom is -0.351 e. The van der Waals surface area contributed by atoms with Crippen molar-refractivity contribution in [3.8, 4) is 0 Å². The van der Waals surface area contributed by atoms with E-state index < -0.39 is 9.84 Å². The molecule has 1 atom stereocenters. The van der Waals surface area contributed by atoms with Gasteiger partial charge in [0.05, 0.1) is 18.0 Å². The van der Waals surface area contributed by atoms with E-state index in [2.05, 4.69) is 21.2 Å². The van der Waals surface area contributed by atoms with Crippen LogP contribution in [0.5, 0.6) is 0 Å². The van der Waals surface area contributed by atoms with Crippen LogP contribution in [0.2, 0.25) is 0 Å². The fourth-order valence-electron chi connectivity index (χ4n) is 1.92. The van der Waals surface area contributed by atoms with Gasteiger partial charge >= 0.3 is 0 Å². The molecule has 1 rings (SSSR count). The molecule has 5 nitrogen and oxygen atoms in total. The number of halogens is 1. The van der Waals surface area contributed by atoms with Crippen LogP contribution in [0.3, 0.4) is 0 Å². The molecular weight excluding hydrogens is 356 g/mol. The summed E-state index contributed by atoms with van der Waals surface area (Å²) in [6.45, 7) is 5.84. The van der Waals surface area contributed by atoms with Crippen molar-refractivity contribution in [3.63, 3.8) is 0 Å². The molecule has 7 heteroatoms. The standard InChI is InChI=1S/C14H21BrN2O3S/c1-3-16-14(18)11-17(4-2)9-10-21(19,20)13-7-5-12(15)6-8-13/h5-8H,3-4,9-11H2,1-2H3,(H,16,18)/p+1. The summed E-state index contributed by atoms with van der Waals surface area (Å²) in [5, 5.41) is 2.73. The maximum atomic E-state index is 12.2. The summed E-state index contributed by atoms with van der Waals surface area (Å²) < 4.78 is 25.3. The Kier molecular flexibility index (Phi) is 7.34. The lowest BCUT2D eigenvalue weighted by atomic mass is 10.4. The van der Waals surface area contributed by atoms with E-state index in [1.807, 2.05) is 13.8 Å². The highest BCUT2D eigenvalue weighted by molar-refractivity contribution is 9.10. The Balaban J connectivity index is 2.62. The fourth-order valence-corrected chi connectivity index (χ4v) is 3.52. The molecule has 1 aromatic rings. The predicted molar refractivity (Wildman–Crippen MR) is 86.1 cm³/mol. The number of amides is 1. The third-order valence-electron chi connectivity index (χ3n) is 3.18. The summed E-state index contributed by atoms with van der Waals surface area (Å²) in [6, 6.07) is 6.61. The Labute approximate surface area is 134 Å². The highest BCUT2D eigenvalue weighted by atomic mass is 79.9. The van der Waals surface area contributed by atoms with Crippen molar-refractivity contribution in [1.82, 2.24) is 5.32 Å². The van der Waals surface area contributed by atoms with Crippen LogP contribution < -0.4 is 10.2 Å². The van der Waals surface area contributed by atoms with Crippen LogP contribution in [-0.2, 0) is 14.6 Å². The van der Waals surface area contributed by atoms with Crippen molar-refractivity contribution in [1.29, 1.82) is 0 Å². The topological polar surface area (TPSA) is 67.7 Å². The van der Waals surface area contributed by atoms with Gasteiger partial charge in [0.25, 0.3) is 5.91 Å². The summed E-state index contributed by atoms with van der Waals surface area (Å²) in [7, 11) is -3.30. The summed E-state index contributed by atoms with van der Waals surface area (Å²) in [5.74, 6) is -0.00704. The molecule has 21 heavy (non-hydrogen) atoms. The van der Waals surface area contributed by atoms with Gasteiger partial charge in [-0.05, 0) is 38.1 Å². The van der Waals surface area contributed by atoms with Crippen molar-refractivity contribution in [2.24, 2.45) is 0 Å². The number of carbonyl (C=O) groups is 1. The largest absolute Gasteiger partial charge is 0.351 e. The Bertz CT molecular complexity index is 558. The minimum absolute atomic E-state index is 0.0389. The van der Waals surface area contributed by atoms with Crippen LogP contribution in [0.25, 0.3) is 0 Å². The van der Waals surface area contributed by atoms with Crippen LogP contribution in [0.15, 0.2) is 33.6 Å². The van der Waals surface area contributed by atoms with E-state index in [4.69, 9.17) is 0 Å². The van der Waals surface area contributed by atoms with Gasteiger partial charge < -0.3 is 10.2 Å². The lowest BCUT2D eigenvalue weighted by molar-refractivity contribution is -0.887. The number of carbonyl (C=O) groups excluding carboxylic acids is 1. The molecule has 0 aliphatic heterocycles. The lowest BCUT2D eigenvalue weighted by Gasteiger charge is -2.17. The average molecular weight is 378 g/mol. The van der Waals surface area contributed by atoms with Gasteiger partial charge in [-0.1, -0.05) is 15.9 Å². The zero-order valence-corrected chi connectivity index (χ0v) is 14.8. The van der Waals surface area contributed by atoms with Gasteiger partial charge in [-0.15, -0.1) is 0 Å². The molecule has 1 aromatic carbocycles. The highest BCUT2D eigenvalue weighted by Gasteiger charge is 2.19. The van der Waals surface area contributed by atoms with Crippen LogP contribution in [0.4, 0.5) is 0 Å². The van der Waals surface area contributed by atoms with Crippen LogP contribution >= 0.6 is 15.9 Å². The molecule has 0 aliphatic rings. The summed E-state index contributed by atoms with van der Waals surface area (Å²) in [5.41, 5.74) is 0. The van der Waals surface area contributed by atoms with Crippen molar-refractivity contribution in [2.75, 3.05) is 31.9 Å². The lowest BCUT2D eigenvalue weighted by Crippen LogP contribution is -3.13. The minimum atomic E-state index is -3.30. The predicted octanol–water partition coefficient (Wildman–Crippen LogP) is 0.264. The van der Waals surface area contributed by atoms with Crippen LogP contribution in [0.1, 0.15) is 13.8 Å². The van der Waals surface area contributed by atoms with Gasteiger partial charge in [0.2, 0.25) is 0 Å². The van der Waals surface area contributed by atoms with E-state index in [-0.39, 0.29) is 11.7 Å². The molecule has 1 amide bonds. The summed E-state index contributed by atoms with van der Waals surface area (Å²) in [6.07, 6.45) is 0. The van der Waals surface area contributed by atoms with E-state index in [0.29, 0.717) is 31.1 Å². The second-order valence-electron chi connectivity index (χ2n) is 4.76. The molecule has 0 bridgehead atoms. The van der Waals surface area contributed by atoms with Gasteiger partial charge in [-0.3, -0.25) is 4.79 Å². The Morgan fingerprint density at radius 1 is 1.24 bits per heavy atom. The second-order valence-corrected chi connectivity index (χ2v) is 7.78. The number of hydrogen-bond donors (Lipinski definition) is 2. The van der Waals surface area contributed by atoms with E-state index in [9.17, 15) is 13.2 Å². The first-order valence-electron chi connectivity index (χ1n) is 6.97. The van der Waals surface area contributed by atoms with Gasteiger partial charge in [0.15, 0.2) is 16.4 Å². The zero-order valence-electron chi connectivity index (χ0n) is 12.4. The highest BCUT2D eigenvalue weighted by Crippen LogP contribution is 2.15. The quantitative estimate of drug-likeness (QED) is 0.682. The first-order chi connectivity index (χ1) is 9.89. The molecular formula is C14H22BrN2O3S+. The van der Waals surface area contributed by atoms with Crippen molar-refractivity contribution in [2.45, 2.75) is 18.7 Å². The maximum absolute atomic E-state index is 12.2. The van der Waals surface area contributed by atoms with E-state index >= 15 is 0 Å². The monoisotopic (exact) mass is 377 g/mol. The number of rotatable bonds is 8. The van der Waals surface area contributed by atoms with Crippen molar-refractivity contribution in [3.05, 3.63) is 28.7 Å². The molecule has 118 valence electrons. The Hall–Kier alpha value is -0.920. The third kappa shape index (κ3) is 6.15. The summed E-state index contributed by atoms with van der Waals surface area (Å²) in [4.78, 5) is 12.8. The van der Waals surface area contributed by atoms with Crippen LogP contribution in [0, 0.1) is 0 Å². The zero-order chi connectivity index (χ0) is 15.9. The second kappa shape index (κ2) is 8.51. The molecule has 2 N–H and O–H groups in total. The Morgan fingerprint density at radius 2 is 1.86 bits per heavy atom. The van der Waals surface area contributed by atoms with E-state index in [0.717, 1.165) is 9.37 Å². The molecule has 0 radical (unpaired) electrons. The van der Waals surface area contributed by atoms with Gasteiger partial charge in [-0.2, -0.15) is 0 Å². The number of hydrogen-bond acceptors (Lipinski definition) is 3. The summed E-state index contributed by atoms with van der Waals surface area (Å²) >= 11 is 3.28. The van der Waals surface area contributed by atoms with E-state index in [1.165, 1.54) is 0 Å². The van der Waals surface area contributed by atoms with Crippen molar-refractivity contribution >= 4 is 31.7 Å². The normalized spacial score (nSPS) is 12.9. The number of quaternary nitrogens is 1. The molecule has 0 saturated carbocycles. The smallest absolute Gasteiger partial charge is 0.275 e. The first kappa shape index (κ1) is 18.1. The van der Waals surface area contributed by atoms with Gasteiger partial charge in [0.1, 0.15) is 5.75 Å². The van der Waals surface area contributed by atoms with Gasteiger partial charge in [0, 0.05) is 11.0 Å². The maximum Gasteiger partial charge on any atom is 0.275 e. The number of likely N-dealkylation sites (N-methyl/N-ethyl adjacent to an activating group) is 2. The molecule has 0 heterocycles. The number of benzene rings is 1. The SMILES string of the molecule is CCNC(=O)C[NH+](CC)CCS(=O)(=O)c1ccc(Br)cc1. The van der Waals surface area contributed by atoms with Gasteiger partial charge in [-0.25, -0.2) is 8.42 Å².